The molecule has 0 radical (unpaired) electrons. The molecule has 0 bridgehead atoms. The first-order valence-corrected chi connectivity index (χ1v) is 44.0. The van der Waals surface area contributed by atoms with Gasteiger partial charge in [-0.25, -0.2) is 9.13 Å². The van der Waals surface area contributed by atoms with Crippen LogP contribution in [0.4, 0.5) is 0 Å². The molecule has 0 aromatic rings. The maximum atomic E-state index is 13.1. The minimum absolute atomic E-state index is 0.106. The largest absolute Gasteiger partial charge is 0.472 e. The number of esters is 4. The normalized spacial score (nSPS) is 13.9. The summed E-state index contributed by atoms with van der Waals surface area (Å²) in [6, 6.07) is 0. The van der Waals surface area contributed by atoms with E-state index in [1.807, 2.05) is 0 Å². The monoisotopic (exact) mass is 1440 g/mol. The molecule has 98 heavy (non-hydrogen) atoms. The van der Waals surface area contributed by atoms with Gasteiger partial charge in [-0.2, -0.15) is 0 Å². The van der Waals surface area contributed by atoms with Crippen molar-refractivity contribution in [1.29, 1.82) is 0 Å². The zero-order valence-corrected chi connectivity index (χ0v) is 65.9. The molecule has 0 rings (SSSR count). The Labute approximate surface area is 600 Å². The highest BCUT2D eigenvalue weighted by molar-refractivity contribution is 7.47. The molecule has 2 unspecified atom stereocenters. The molecule has 0 aliphatic carbocycles. The molecule has 0 aliphatic heterocycles. The minimum Gasteiger partial charge on any atom is -0.462 e. The molecule has 5 atom stereocenters. The Bertz CT molecular complexity index is 1890. The van der Waals surface area contributed by atoms with E-state index in [-0.39, 0.29) is 25.7 Å². The first-order chi connectivity index (χ1) is 47.4. The fraction of sp³-hybridized carbons (Fsp3) is 0.949. The molecule has 0 spiro atoms. The average Bonchev–Trinajstić information content (AvgIpc) is 1.20. The summed E-state index contributed by atoms with van der Waals surface area (Å²) < 4.78 is 68.7. The Morgan fingerprint density at radius 2 is 0.469 bits per heavy atom. The van der Waals surface area contributed by atoms with Gasteiger partial charge in [0.2, 0.25) is 0 Å². The highest BCUT2D eigenvalue weighted by Crippen LogP contribution is 2.45. The minimum atomic E-state index is -4.96. The number of carbonyl (C=O) groups is 4. The number of rotatable bonds is 78. The van der Waals surface area contributed by atoms with Crippen molar-refractivity contribution in [3.63, 3.8) is 0 Å². The molecule has 17 nitrogen and oxygen atoms in total. The zero-order valence-electron chi connectivity index (χ0n) is 64.1. The number of carbonyl (C=O) groups excluding carboxylic acids is 4. The predicted molar refractivity (Wildman–Crippen MR) is 400 cm³/mol. The number of phosphoric acid groups is 2. The molecule has 0 fully saturated rings. The fourth-order valence-electron chi connectivity index (χ4n) is 12.2. The van der Waals surface area contributed by atoms with Crippen molar-refractivity contribution in [3.8, 4) is 0 Å². The predicted octanol–water partition coefficient (Wildman–Crippen LogP) is 23.5. The number of hydrogen-bond acceptors (Lipinski definition) is 15. The van der Waals surface area contributed by atoms with Gasteiger partial charge in [0.25, 0.3) is 0 Å². The summed E-state index contributed by atoms with van der Waals surface area (Å²) in [7, 11) is -9.92. The number of aliphatic hydroxyl groups is 1. The van der Waals surface area contributed by atoms with Gasteiger partial charge >= 0.3 is 39.5 Å². The summed E-state index contributed by atoms with van der Waals surface area (Å²) in [5, 5.41) is 10.6. The smallest absolute Gasteiger partial charge is 0.462 e. The Morgan fingerprint density at radius 1 is 0.276 bits per heavy atom. The van der Waals surface area contributed by atoms with E-state index in [1.54, 1.807) is 0 Å². The number of aliphatic hydroxyl groups excluding tert-OH is 1. The van der Waals surface area contributed by atoms with E-state index in [2.05, 4.69) is 41.5 Å². The van der Waals surface area contributed by atoms with Gasteiger partial charge in [-0.15, -0.1) is 0 Å². The second kappa shape index (κ2) is 70.7. The number of phosphoric ester groups is 2. The van der Waals surface area contributed by atoms with Crippen molar-refractivity contribution in [2.24, 2.45) is 11.8 Å². The lowest BCUT2D eigenvalue weighted by atomic mass is 10.0. The Hall–Kier alpha value is -1.94. The van der Waals surface area contributed by atoms with Gasteiger partial charge in [0.05, 0.1) is 26.4 Å². The molecule has 0 aromatic carbocycles. The van der Waals surface area contributed by atoms with Crippen LogP contribution in [-0.2, 0) is 65.4 Å². The van der Waals surface area contributed by atoms with Gasteiger partial charge in [-0.05, 0) is 37.5 Å². The fourth-order valence-corrected chi connectivity index (χ4v) is 13.8. The zero-order chi connectivity index (χ0) is 72.1. The standard InChI is InChI=1S/C79H154O17P2/c1-7-9-11-13-15-17-19-21-23-24-25-27-29-33-37-45-51-57-63-78(83)95-74(67-89-76(81)61-55-49-43-36-32-28-26-22-20-18-16-14-12-10-8-2)69-93-97(85,86)91-65-73(80)66-92-98(87,88)94-70-75(68-90-77(82)62-56-50-44-40-39-42-48-54-60-72(5)6)96-79(84)64-58-52-46-38-34-30-31-35-41-47-53-59-71(3)4/h71-75,80H,7-70H2,1-6H3,(H,85,86)(H,87,88)/t73-,74-,75-/m1/s1. The Balaban J connectivity index is 5.25. The lowest BCUT2D eigenvalue weighted by molar-refractivity contribution is -0.161. The lowest BCUT2D eigenvalue weighted by Crippen LogP contribution is -2.30. The molecular weight excluding hydrogens is 1280 g/mol. The van der Waals surface area contributed by atoms with E-state index in [9.17, 15) is 43.2 Å². The van der Waals surface area contributed by atoms with Crippen molar-refractivity contribution in [2.45, 2.75) is 432 Å². The third-order valence-corrected chi connectivity index (χ3v) is 20.4. The number of hydrogen-bond donors (Lipinski definition) is 3. The maximum absolute atomic E-state index is 13.1. The van der Waals surface area contributed by atoms with E-state index in [0.29, 0.717) is 25.7 Å². The molecule has 0 saturated heterocycles. The molecule has 19 heteroatoms. The summed E-state index contributed by atoms with van der Waals surface area (Å²) in [4.78, 5) is 73.0. The van der Waals surface area contributed by atoms with Crippen molar-refractivity contribution in [1.82, 2.24) is 0 Å². The third-order valence-electron chi connectivity index (χ3n) is 18.5. The van der Waals surface area contributed by atoms with Crippen LogP contribution in [0.1, 0.15) is 414 Å². The highest BCUT2D eigenvalue weighted by atomic mass is 31.2. The molecule has 582 valence electrons. The van der Waals surface area contributed by atoms with Crippen LogP contribution in [0.3, 0.4) is 0 Å². The first-order valence-electron chi connectivity index (χ1n) is 41.0. The lowest BCUT2D eigenvalue weighted by Gasteiger charge is -2.21. The van der Waals surface area contributed by atoms with Crippen LogP contribution in [0.2, 0.25) is 0 Å². The average molecular weight is 1440 g/mol. The summed E-state index contributed by atoms with van der Waals surface area (Å²) in [6.07, 6.45) is 59.6. The highest BCUT2D eigenvalue weighted by Gasteiger charge is 2.30. The second-order valence-electron chi connectivity index (χ2n) is 29.4. The summed E-state index contributed by atoms with van der Waals surface area (Å²) in [5.74, 6) is -0.619. The van der Waals surface area contributed by atoms with Crippen molar-refractivity contribution in [2.75, 3.05) is 39.6 Å². The van der Waals surface area contributed by atoms with Crippen LogP contribution in [-0.4, -0.2) is 96.7 Å². The van der Waals surface area contributed by atoms with Gasteiger partial charge in [-0.1, -0.05) is 363 Å². The molecule has 0 saturated carbocycles. The van der Waals surface area contributed by atoms with Crippen LogP contribution in [0, 0.1) is 11.8 Å². The SMILES string of the molecule is CCCCCCCCCCCCCCCCCCCCC(=O)O[C@H](COC(=O)CCCCCCCCCCCCCCCCC)COP(=O)(O)OC[C@@H](O)COP(=O)(O)OC[C@@H](COC(=O)CCCCCCCCCCC(C)C)OC(=O)CCCCCCCCCCCCCC(C)C. The van der Waals surface area contributed by atoms with Crippen LogP contribution in [0.5, 0.6) is 0 Å². The van der Waals surface area contributed by atoms with Crippen molar-refractivity contribution in [3.05, 3.63) is 0 Å². The van der Waals surface area contributed by atoms with Crippen LogP contribution in [0.15, 0.2) is 0 Å². The van der Waals surface area contributed by atoms with E-state index in [0.717, 1.165) is 102 Å². The second-order valence-corrected chi connectivity index (χ2v) is 32.3. The van der Waals surface area contributed by atoms with E-state index < -0.39 is 97.5 Å². The van der Waals surface area contributed by atoms with Gasteiger partial charge in [0.1, 0.15) is 19.3 Å². The Kier molecular flexibility index (Phi) is 69.3. The van der Waals surface area contributed by atoms with Crippen LogP contribution < -0.4 is 0 Å². The van der Waals surface area contributed by atoms with Crippen LogP contribution >= 0.6 is 15.6 Å². The van der Waals surface area contributed by atoms with E-state index in [1.165, 1.54) is 231 Å². The molecule has 0 heterocycles. The van der Waals surface area contributed by atoms with Gasteiger partial charge in [0.15, 0.2) is 12.2 Å². The quantitative estimate of drug-likeness (QED) is 0.0222. The van der Waals surface area contributed by atoms with Crippen molar-refractivity contribution >= 4 is 39.5 Å². The van der Waals surface area contributed by atoms with E-state index in [4.69, 9.17) is 37.0 Å². The first kappa shape index (κ1) is 96.1. The third kappa shape index (κ3) is 72.4. The van der Waals surface area contributed by atoms with Gasteiger partial charge < -0.3 is 33.8 Å². The topological polar surface area (TPSA) is 237 Å². The summed E-state index contributed by atoms with van der Waals surface area (Å²) in [6.45, 7) is 9.59. The van der Waals surface area contributed by atoms with Gasteiger partial charge in [0, 0.05) is 25.7 Å². The maximum Gasteiger partial charge on any atom is 0.472 e. The summed E-state index contributed by atoms with van der Waals surface area (Å²) >= 11 is 0. The molecular formula is C79H154O17P2. The Morgan fingerprint density at radius 3 is 0.694 bits per heavy atom. The molecule has 0 amide bonds. The summed E-state index contributed by atoms with van der Waals surface area (Å²) in [5.41, 5.74) is 0. The molecule has 0 aromatic heterocycles. The van der Waals surface area contributed by atoms with Crippen LogP contribution in [0.25, 0.3) is 0 Å². The van der Waals surface area contributed by atoms with Crippen molar-refractivity contribution < 1.29 is 80.2 Å². The van der Waals surface area contributed by atoms with Gasteiger partial charge in [-0.3, -0.25) is 37.3 Å². The number of unbranched alkanes of at least 4 members (excludes halogenated alkanes) is 48. The molecule has 3 N–H and O–H groups in total. The number of ether oxygens (including phenoxy) is 4. The molecule has 0 aliphatic rings. The van der Waals surface area contributed by atoms with E-state index >= 15 is 0 Å².